The minimum Gasteiger partial charge on any atom is -0.383 e. The van der Waals surface area contributed by atoms with E-state index in [9.17, 15) is 0 Å². The lowest BCUT2D eigenvalue weighted by Crippen LogP contribution is -2.20. The molecule has 1 aromatic rings. The lowest BCUT2D eigenvalue weighted by molar-refractivity contribution is 0.195. The molecule has 0 saturated carbocycles. The van der Waals surface area contributed by atoms with Crippen LogP contribution in [0, 0.1) is 0 Å². The summed E-state index contributed by atoms with van der Waals surface area (Å²) in [7, 11) is 1.79. The smallest absolute Gasteiger partial charge is 0.157 e. The van der Waals surface area contributed by atoms with E-state index in [2.05, 4.69) is 20.6 Å². The van der Waals surface area contributed by atoms with Gasteiger partial charge in [0.15, 0.2) is 11.0 Å². The molecule has 1 atom stereocenters. The Bertz CT molecular complexity index is 341. The fraction of sp³-hybridized carbons (Fsp3) is 0.556. The predicted octanol–water partition coefficient (Wildman–Crippen LogP) is 1.37. The highest BCUT2D eigenvalue weighted by molar-refractivity contribution is 6.32. The fourth-order valence-corrected chi connectivity index (χ4v) is 1.76. The SMILES string of the molecule is CNc1c(Cl)ncnc1NC1CCOC1. The van der Waals surface area contributed by atoms with Crippen LogP contribution < -0.4 is 10.6 Å². The summed E-state index contributed by atoms with van der Waals surface area (Å²) in [5, 5.41) is 6.68. The zero-order valence-electron chi connectivity index (χ0n) is 8.46. The van der Waals surface area contributed by atoms with Crippen LogP contribution in [0.2, 0.25) is 5.15 Å². The third-order valence-corrected chi connectivity index (χ3v) is 2.61. The number of hydrogen-bond donors (Lipinski definition) is 2. The van der Waals surface area contributed by atoms with Crippen molar-refractivity contribution in [3.8, 4) is 0 Å². The molecule has 2 N–H and O–H groups in total. The summed E-state index contributed by atoms with van der Waals surface area (Å²) in [6.07, 6.45) is 2.44. The molecule has 1 fully saturated rings. The molecule has 0 bridgehead atoms. The molecule has 1 aliphatic heterocycles. The Morgan fingerprint density at radius 3 is 3.07 bits per heavy atom. The van der Waals surface area contributed by atoms with Crippen LogP contribution in [-0.4, -0.2) is 36.3 Å². The molecule has 1 aliphatic rings. The molecule has 15 heavy (non-hydrogen) atoms. The molecule has 6 heteroatoms. The van der Waals surface area contributed by atoms with Gasteiger partial charge in [-0.05, 0) is 6.42 Å². The number of hydrogen-bond acceptors (Lipinski definition) is 5. The van der Waals surface area contributed by atoms with Crippen molar-refractivity contribution in [1.82, 2.24) is 9.97 Å². The van der Waals surface area contributed by atoms with Crippen molar-refractivity contribution in [3.63, 3.8) is 0 Å². The van der Waals surface area contributed by atoms with Crippen molar-refractivity contribution in [2.45, 2.75) is 12.5 Å². The summed E-state index contributed by atoms with van der Waals surface area (Å²) in [4.78, 5) is 8.05. The van der Waals surface area contributed by atoms with E-state index in [4.69, 9.17) is 16.3 Å². The average molecular weight is 229 g/mol. The van der Waals surface area contributed by atoms with Crippen LogP contribution in [0.1, 0.15) is 6.42 Å². The summed E-state index contributed by atoms with van der Waals surface area (Å²) in [5.41, 5.74) is 0.728. The van der Waals surface area contributed by atoms with Crippen LogP contribution in [0.15, 0.2) is 6.33 Å². The molecule has 1 unspecified atom stereocenters. The zero-order valence-corrected chi connectivity index (χ0v) is 9.21. The van der Waals surface area contributed by atoms with E-state index in [-0.39, 0.29) is 0 Å². The number of nitrogens with zero attached hydrogens (tertiary/aromatic N) is 2. The van der Waals surface area contributed by atoms with Gasteiger partial charge in [-0.1, -0.05) is 11.6 Å². The maximum atomic E-state index is 5.93. The highest BCUT2D eigenvalue weighted by atomic mass is 35.5. The minimum absolute atomic E-state index is 0.308. The standard InChI is InChI=1S/C9H13ClN4O/c1-11-7-8(10)12-5-13-9(7)14-6-2-3-15-4-6/h5-6,11H,2-4H2,1H3,(H,12,13,14). The highest BCUT2D eigenvalue weighted by Gasteiger charge is 2.18. The lowest BCUT2D eigenvalue weighted by Gasteiger charge is -2.14. The van der Waals surface area contributed by atoms with E-state index in [1.165, 1.54) is 6.33 Å². The van der Waals surface area contributed by atoms with Crippen molar-refractivity contribution in [2.75, 3.05) is 30.9 Å². The van der Waals surface area contributed by atoms with Gasteiger partial charge in [-0.3, -0.25) is 0 Å². The van der Waals surface area contributed by atoms with Crippen LogP contribution >= 0.6 is 11.6 Å². The predicted molar refractivity (Wildman–Crippen MR) is 59.4 cm³/mol. The summed E-state index contributed by atoms with van der Waals surface area (Å²) in [6.45, 7) is 1.51. The molecular weight excluding hydrogens is 216 g/mol. The Morgan fingerprint density at radius 1 is 1.53 bits per heavy atom. The molecule has 0 aromatic carbocycles. The normalized spacial score (nSPS) is 20.3. The number of anilines is 2. The van der Waals surface area contributed by atoms with E-state index in [0.717, 1.165) is 24.5 Å². The van der Waals surface area contributed by atoms with Crippen molar-refractivity contribution in [1.29, 1.82) is 0 Å². The molecular formula is C9H13ClN4O. The Labute approximate surface area is 93.2 Å². The van der Waals surface area contributed by atoms with Gasteiger partial charge in [0.05, 0.1) is 12.6 Å². The second-order valence-electron chi connectivity index (χ2n) is 3.34. The van der Waals surface area contributed by atoms with Gasteiger partial charge >= 0.3 is 0 Å². The molecule has 1 aromatic heterocycles. The summed E-state index contributed by atoms with van der Waals surface area (Å²) in [6, 6.07) is 0.308. The summed E-state index contributed by atoms with van der Waals surface area (Å²) >= 11 is 5.93. The van der Waals surface area contributed by atoms with E-state index in [0.29, 0.717) is 17.8 Å². The molecule has 1 saturated heterocycles. The Kier molecular flexibility index (Phi) is 3.23. The first-order valence-electron chi connectivity index (χ1n) is 4.84. The Balaban J connectivity index is 2.15. The first kappa shape index (κ1) is 10.4. The van der Waals surface area contributed by atoms with Gasteiger partial charge in [0.1, 0.15) is 12.0 Å². The third kappa shape index (κ3) is 2.30. The largest absolute Gasteiger partial charge is 0.383 e. The molecule has 0 spiro atoms. The van der Waals surface area contributed by atoms with Gasteiger partial charge in [0, 0.05) is 13.7 Å². The highest BCUT2D eigenvalue weighted by Crippen LogP contribution is 2.26. The van der Waals surface area contributed by atoms with Crippen molar-refractivity contribution < 1.29 is 4.74 Å². The second kappa shape index (κ2) is 4.63. The van der Waals surface area contributed by atoms with Gasteiger partial charge < -0.3 is 15.4 Å². The van der Waals surface area contributed by atoms with Crippen LogP contribution in [0.3, 0.4) is 0 Å². The first-order valence-corrected chi connectivity index (χ1v) is 5.21. The fourth-order valence-electron chi connectivity index (χ4n) is 1.54. The van der Waals surface area contributed by atoms with E-state index < -0.39 is 0 Å². The van der Waals surface area contributed by atoms with Gasteiger partial charge in [-0.25, -0.2) is 9.97 Å². The monoisotopic (exact) mass is 228 g/mol. The van der Waals surface area contributed by atoms with Gasteiger partial charge in [-0.15, -0.1) is 0 Å². The molecule has 2 rings (SSSR count). The Hall–Kier alpha value is -1.07. The van der Waals surface area contributed by atoms with Crippen LogP contribution in [0.4, 0.5) is 11.5 Å². The van der Waals surface area contributed by atoms with Crippen LogP contribution in [-0.2, 0) is 4.74 Å². The number of rotatable bonds is 3. The maximum Gasteiger partial charge on any atom is 0.157 e. The molecule has 0 amide bonds. The van der Waals surface area contributed by atoms with Crippen molar-refractivity contribution in [3.05, 3.63) is 11.5 Å². The van der Waals surface area contributed by atoms with E-state index in [1.54, 1.807) is 7.05 Å². The molecule has 0 radical (unpaired) electrons. The number of nitrogens with one attached hydrogen (secondary N) is 2. The maximum absolute atomic E-state index is 5.93. The Morgan fingerprint density at radius 2 is 2.40 bits per heavy atom. The van der Waals surface area contributed by atoms with E-state index >= 15 is 0 Å². The van der Waals surface area contributed by atoms with Crippen molar-refractivity contribution >= 4 is 23.1 Å². The van der Waals surface area contributed by atoms with Gasteiger partial charge in [0.25, 0.3) is 0 Å². The average Bonchev–Trinajstić information content (AvgIpc) is 2.71. The zero-order chi connectivity index (χ0) is 10.7. The number of ether oxygens (including phenoxy) is 1. The molecule has 0 aliphatic carbocycles. The lowest BCUT2D eigenvalue weighted by atomic mass is 10.2. The van der Waals surface area contributed by atoms with Crippen LogP contribution in [0.5, 0.6) is 0 Å². The minimum atomic E-state index is 0.308. The van der Waals surface area contributed by atoms with E-state index in [1.807, 2.05) is 0 Å². The quantitative estimate of drug-likeness (QED) is 0.766. The molecule has 5 nitrogen and oxygen atoms in total. The van der Waals surface area contributed by atoms with Gasteiger partial charge in [-0.2, -0.15) is 0 Å². The van der Waals surface area contributed by atoms with Gasteiger partial charge in [0.2, 0.25) is 0 Å². The summed E-state index contributed by atoms with van der Waals surface area (Å²) in [5.74, 6) is 0.730. The third-order valence-electron chi connectivity index (χ3n) is 2.32. The summed E-state index contributed by atoms with van der Waals surface area (Å²) < 4.78 is 5.27. The molecule has 82 valence electrons. The molecule has 2 heterocycles. The van der Waals surface area contributed by atoms with Crippen molar-refractivity contribution in [2.24, 2.45) is 0 Å². The number of aromatic nitrogens is 2. The number of halogens is 1. The second-order valence-corrected chi connectivity index (χ2v) is 3.70. The first-order chi connectivity index (χ1) is 7.31. The topological polar surface area (TPSA) is 59.1 Å². The van der Waals surface area contributed by atoms with Crippen LogP contribution in [0.25, 0.3) is 0 Å².